The number of aryl methyl sites for hydroxylation is 1. The predicted octanol–water partition coefficient (Wildman–Crippen LogP) is 5.38. The molecule has 0 spiro atoms. The number of hydrogen-bond acceptors (Lipinski definition) is 6. The topological polar surface area (TPSA) is 54.9 Å². The number of anilines is 1. The monoisotopic (exact) mass is 523 g/mol. The molecule has 1 aliphatic rings. The van der Waals surface area contributed by atoms with Crippen molar-refractivity contribution in [2.24, 2.45) is 0 Å². The minimum absolute atomic E-state index is 0. The van der Waals surface area contributed by atoms with E-state index in [1.54, 1.807) is 11.3 Å². The number of thiazole rings is 1. The zero-order valence-corrected chi connectivity index (χ0v) is 22.0. The molecule has 6 nitrogen and oxygen atoms in total. The summed E-state index contributed by atoms with van der Waals surface area (Å²) in [4.78, 5) is 22.5. The van der Waals surface area contributed by atoms with Crippen LogP contribution < -0.4 is 9.64 Å². The van der Waals surface area contributed by atoms with E-state index >= 15 is 0 Å². The fourth-order valence-corrected chi connectivity index (χ4v) is 5.17. The van der Waals surface area contributed by atoms with Crippen LogP contribution in [0.4, 0.5) is 5.13 Å². The molecule has 1 fully saturated rings. The molecule has 0 N–H and O–H groups in total. The zero-order chi connectivity index (χ0) is 23.2. The minimum Gasteiger partial charge on any atom is -0.494 e. The summed E-state index contributed by atoms with van der Waals surface area (Å²) in [5, 5.41) is 1.42. The maximum Gasteiger partial charge on any atom is 0.233 e. The summed E-state index contributed by atoms with van der Waals surface area (Å²) >= 11 is 7.85. The lowest BCUT2D eigenvalue weighted by molar-refractivity contribution is -0.118. The van der Waals surface area contributed by atoms with Crippen LogP contribution in [0.25, 0.3) is 10.2 Å². The lowest BCUT2D eigenvalue weighted by Gasteiger charge is -2.27. The smallest absolute Gasteiger partial charge is 0.233 e. The summed E-state index contributed by atoms with van der Waals surface area (Å²) in [6.07, 6.45) is 1.20. The summed E-state index contributed by atoms with van der Waals surface area (Å²) < 4.78 is 12.0. The molecule has 1 aromatic heterocycles. The second-order valence-corrected chi connectivity index (χ2v) is 9.54. The molecule has 1 amide bonds. The summed E-state index contributed by atoms with van der Waals surface area (Å²) in [6.45, 7) is 9.55. The maximum atomic E-state index is 13.4. The Kier molecular flexibility index (Phi) is 9.97. The Morgan fingerprint density at radius 1 is 1.21 bits per heavy atom. The van der Waals surface area contributed by atoms with Crippen LogP contribution in [0.2, 0.25) is 5.02 Å². The van der Waals surface area contributed by atoms with E-state index in [1.165, 1.54) is 0 Å². The molecular weight excluding hydrogens is 493 g/mol. The molecule has 9 heteroatoms. The molecule has 0 saturated carbocycles. The van der Waals surface area contributed by atoms with Crippen molar-refractivity contribution in [3.8, 4) is 5.75 Å². The van der Waals surface area contributed by atoms with E-state index in [-0.39, 0.29) is 18.3 Å². The van der Waals surface area contributed by atoms with Crippen molar-refractivity contribution in [1.82, 2.24) is 9.88 Å². The molecule has 0 atom stereocenters. The van der Waals surface area contributed by atoms with Crippen LogP contribution in [-0.2, 0) is 16.0 Å². The summed E-state index contributed by atoms with van der Waals surface area (Å²) in [5.74, 6) is 0.860. The van der Waals surface area contributed by atoms with E-state index < -0.39 is 0 Å². The molecule has 1 saturated heterocycles. The number of rotatable bonds is 9. The highest BCUT2D eigenvalue weighted by atomic mass is 35.5. The van der Waals surface area contributed by atoms with Gasteiger partial charge in [0.1, 0.15) is 5.75 Å². The number of hydrogen-bond donors (Lipinski definition) is 0. The van der Waals surface area contributed by atoms with Gasteiger partial charge in [0.05, 0.1) is 36.5 Å². The molecule has 3 aromatic rings. The third kappa shape index (κ3) is 6.61. The Morgan fingerprint density at radius 3 is 2.65 bits per heavy atom. The standard InChI is InChI=1S/C25H30ClN3O3S.ClH/c1-3-32-20-7-5-19(6-8-20)17-23(30)29(12-4-11-28-13-15-31-16-14-28)25-27-24-18(2)21(26)9-10-22(24)33-25;/h5-10H,3-4,11-17H2,1-2H3;1H. The number of halogens is 2. The average molecular weight is 525 g/mol. The van der Waals surface area contributed by atoms with E-state index in [0.717, 1.165) is 71.5 Å². The molecule has 2 aromatic carbocycles. The largest absolute Gasteiger partial charge is 0.494 e. The van der Waals surface area contributed by atoms with E-state index in [0.29, 0.717) is 24.6 Å². The first kappa shape index (κ1) is 26.7. The Labute approximate surface area is 216 Å². The summed E-state index contributed by atoms with van der Waals surface area (Å²) in [6, 6.07) is 11.6. The van der Waals surface area contributed by atoms with Crippen LogP contribution in [0.1, 0.15) is 24.5 Å². The molecule has 4 rings (SSSR count). The van der Waals surface area contributed by atoms with Crippen LogP contribution in [0, 0.1) is 6.92 Å². The lowest BCUT2D eigenvalue weighted by Crippen LogP contribution is -2.39. The van der Waals surface area contributed by atoms with Crippen LogP contribution in [0.5, 0.6) is 5.75 Å². The summed E-state index contributed by atoms with van der Waals surface area (Å²) in [5.41, 5.74) is 2.78. The highest BCUT2D eigenvalue weighted by Crippen LogP contribution is 2.34. The van der Waals surface area contributed by atoms with Crippen molar-refractivity contribution in [1.29, 1.82) is 0 Å². The van der Waals surface area contributed by atoms with Crippen molar-refractivity contribution in [2.45, 2.75) is 26.7 Å². The number of fused-ring (bicyclic) bond motifs is 1. The van der Waals surface area contributed by atoms with Gasteiger partial charge in [-0.2, -0.15) is 0 Å². The Balaban J connectivity index is 0.00000324. The van der Waals surface area contributed by atoms with E-state index in [2.05, 4.69) is 4.90 Å². The molecule has 1 aliphatic heterocycles. The highest BCUT2D eigenvalue weighted by Gasteiger charge is 2.21. The van der Waals surface area contributed by atoms with Gasteiger partial charge in [-0.05, 0) is 55.7 Å². The van der Waals surface area contributed by atoms with Crippen LogP contribution >= 0.6 is 35.3 Å². The lowest BCUT2D eigenvalue weighted by atomic mass is 10.1. The third-order valence-corrected chi connectivity index (χ3v) is 7.27. The second-order valence-electron chi connectivity index (χ2n) is 8.12. The molecule has 2 heterocycles. The van der Waals surface area contributed by atoms with Crippen LogP contribution in [-0.4, -0.2) is 61.8 Å². The number of benzene rings is 2. The van der Waals surface area contributed by atoms with Gasteiger partial charge in [-0.25, -0.2) is 4.98 Å². The van der Waals surface area contributed by atoms with Gasteiger partial charge in [0.15, 0.2) is 5.13 Å². The Hall–Kier alpha value is -1.90. The number of carbonyl (C=O) groups excluding carboxylic acids is 1. The quantitative estimate of drug-likeness (QED) is 0.377. The van der Waals surface area contributed by atoms with Gasteiger partial charge >= 0.3 is 0 Å². The number of morpholine rings is 1. The van der Waals surface area contributed by atoms with Gasteiger partial charge in [-0.1, -0.05) is 35.1 Å². The van der Waals surface area contributed by atoms with Gasteiger partial charge in [0.2, 0.25) is 5.91 Å². The normalized spacial score (nSPS) is 14.1. The molecule has 34 heavy (non-hydrogen) atoms. The first-order valence-corrected chi connectivity index (χ1v) is 12.6. The van der Waals surface area contributed by atoms with E-state index in [1.807, 2.05) is 55.1 Å². The van der Waals surface area contributed by atoms with Gasteiger partial charge in [0.25, 0.3) is 0 Å². The fraction of sp³-hybridized carbons (Fsp3) is 0.440. The Morgan fingerprint density at radius 2 is 1.94 bits per heavy atom. The molecule has 0 unspecified atom stereocenters. The van der Waals surface area contributed by atoms with Gasteiger partial charge < -0.3 is 9.47 Å². The molecule has 0 aliphatic carbocycles. The maximum absolute atomic E-state index is 13.4. The number of amides is 1. The van der Waals surface area contributed by atoms with Crippen molar-refractivity contribution in [2.75, 3.05) is 50.9 Å². The molecule has 0 bridgehead atoms. The number of aromatic nitrogens is 1. The molecular formula is C25H31Cl2N3O3S. The number of ether oxygens (including phenoxy) is 2. The van der Waals surface area contributed by atoms with Crippen LogP contribution in [0.15, 0.2) is 36.4 Å². The minimum atomic E-state index is 0. The van der Waals surface area contributed by atoms with E-state index in [4.69, 9.17) is 26.1 Å². The van der Waals surface area contributed by atoms with Crippen molar-refractivity contribution >= 4 is 56.6 Å². The second kappa shape index (κ2) is 12.7. The summed E-state index contributed by atoms with van der Waals surface area (Å²) in [7, 11) is 0. The highest BCUT2D eigenvalue weighted by molar-refractivity contribution is 7.22. The average Bonchev–Trinajstić information content (AvgIpc) is 3.26. The van der Waals surface area contributed by atoms with Gasteiger partial charge in [-0.15, -0.1) is 12.4 Å². The fourth-order valence-electron chi connectivity index (χ4n) is 3.95. The predicted molar refractivity (Wildman–Crippen MR) is 142 cm³/mol. The van der Waals surface area contributed by atoms with Crippen LogP contribution in [0.3, 0.4) is 0 Å². The van der Waals surface area contributed by atoms with Gasteiger partial charge in [-0.3, -0.25) is 14.6 Å². The first-order chi connectivity index (χ1) is 16.0. The van der Waals surface area contributed by atoms with Crippen molar-refractivity contribution < 1.29 is 14.3 Å². The third-order valence-electron chi connectivity index (χ3n) is 5.82. The Bertz CT molecular complexity index is 1080. The molecule has 0 radical (unpaired) electrons. The zero-order valence-electron chi connectivity index (χ0n) is 19.6. The first-order valence-electron chi connectivity index (χ1n) is 11.4. The van der Waals surface area contributed by atoms with Crippen molar-refractivity contribution in [3.63, 3.8) is 0 Å². The van der Waals surface area contributed by atoms with Gasteiger partial charge in [0, 0.05) is 31.2 Å². The number of nitrogens with zero attached hydrogens (tertiary/aromatic N) is 3. The SMILES string of the molecule is CCOc1ccc(CC(=O)N(CCCN2CCOCC2)c2nc3c(C)c(Cl)ccc3s2)cc1.Cl. The molecule has 184 valence electrons. The number of carbonyl (C=O) groups is 1. The van der Waals surface area contributed by atoms with Crippen molar-refractivity contribution in [3.05, 3.63) is 52.5 Å². The van der Waals surface area contributed by atoms with E-state index in [9.17, 15) is 4.79 Å².